The van der Waals surface area contributed by atoms with Crippen molar-refractivity contribution in [3.05, 3.63) is 24.2 Å². The number of hydrogen-bond donors (Lipinski definition) is 2. The Morgan fingerprint density at radius 3 is 2.61 bits per heavy atom. The van der Waals surface area contributed by atoms with Gasteiger partial charge >= 0.3 is 0 Å². The molecule has 5 heteroatoms. The maximum Gasteiger partial charge on any atom is 0.242 e. The molecule has 1 aromatic heterocycles. The first kappa shape index (κ1) is 17.6. The molecular weight excluding hydrogens is 292 g/mol. The second-order valence-electron chi connectivity index (χ2n) is 6.69. The van der Waals surface area contributed by atoms with Crippen molar-refractivity contribution in [2.24, 2.45) is 5.92 Å². The Balaban J connectivity index is 1.69. The minimum absolute atomic E-state index is 0.0155. The molecule has 1 saturated carbocycles. The largest absolute Gasteiger partial charge is 0.469 e. The van der Waals surface area contributed by atoms with Crippen LogP contribution in [0.15, 0.2) is 22.8 Å². The van der Waals surface area contributed by atoms with Crippen LogP contribution in [0.5, 0.6) is 0 Å². The van der Waals surface area contributed by atoms with Gasteiger partial charge in [0.2, 0.25) is 11.8 Å². The van der Waals surface area contributed by atoms with Crippen LogP contribution >= 0.6 is 0 Å². The maximum atomic E-state index is 12.2. The average molecular weight is 320 g/mol. The fraction of sp³-hybridized carbons (Fsp3) is 0.667. The second kappa shape index (κ2) is 8.75. The van der Waals surface area contributed by atoms with Crippen molar-refractivity contribution >= 4 is 11.8 Å². The molecule has 0 aromatic carbocycles. The molecular formula is C18H28N2O3. The highest BCUT2D eigenvalue weighted by atomic mass is 16.3. The molecule has 0 aliphatic heterocycles. The number of nitrogens with one attached hydrogen (secondary N) is 2. The molecule has 2 N–H and O–H groups in total. The third-order valence-electron chi connectivity index (χ3n) is 4.45. The van der Waals surface area contributed by atoms with Crippen LogP contribution in [0, 0.1) is 5.92 Å². The quantitative estimate of drug-likeness (QED) is 0.811. The van der Waals surface area contributed by atoms with Gasteiger partial charge in [0.15, 0.2) is 0 Å². The summed E-state index contributed by atoms with van der Waals surface area (Å²) in [6.45, 7) is 3.66. The Morgan fingerprint density at radius 2 is 1.96 bits per heavy atom. The molecule has 2 atom stereocenters. The molecule has 2 rings (SSSR count). The molecule has 0 radical (unpaired) electrons. The van der Waals surface area contributed by atoms with E-state index in [0.717, 1.165) is 18.6 Å². The summed E-state index contributed by atoms with van der Waals surface area (Å²) < 4.78 is 5.27. The van der Waals surface area contributed by atoms with Crippen molar-refractivity contribution in [3.63, 3.8) is 0 Å². The van der Waals surface area contributed by atoms with E-state index in [2.05, 4.69) is 10.6 Å². The molecule has 0 unspecified atom stereocenters. The van der Waals surface area contributed by atoms with Crippen LogP contribution in [0.3, 0.4) is 0 Å². The molecule has 0 spiro atoms. The average Bonchev–Trinajstić information content (AvgIpc) is 3.00. The monoisotopic (exact) mass is 320 g/mol. The molecule has 1 heterocycles. The number of hydrogen-bond acceptors (Lipinski definition) is 3. The Labute approximate surface area is 138 Å². The molecule has 0 bridgehead atoms. The van der Waals surface area contributed by atoms with Crippen LogP contribution in [0.2, 0.25) is 0 Å². The van der Waals surface area contributed by atoms with Crippen LogP contribution in [-0.4, -0.2) is 23.9 Å². The van der Waals surface area contributed by atoms with E-state index in [9.17, 15) is 9.59 Å². The Bertz CT molecular complexity index is 492. The van der Waals surface area contributed by atoms with E-state index in [-0.39, 0.29) is 17.9 Å². The van der Waals surface area contributed by atoms with Crippen LogP contribution in [-0.2, 0) is 16.0 Å². The van der Waals surface area contributed by atoms with Gasteiger partial charge in [-0.05, 0) is 44.7 Å². The van der Waals surface area contributed by atoms with Crippen LogP contribution < -0.4 is 10.6 Å². The number of furan rings is 1. The molecule has 5 nitrogen and oxygen atoms in total. The van der Waals surface area contributed by atoms with Gasteiger partial charge in [-0.2, -0.15) is 0 Å². The normalized spacial score (nSPS) is 18.2. The lowest BCUT2D eigenvalue weighted by Gasteiger charge is -2.22. The van der Waals surface area contributed by atoms with Crippen molar-refractivity contribution in [1.29, 1.82) is 0 Å². The van der Waals surface area contributed by atoms with Gasteiger partial charge in [-0.25, -0.2) is 0 Å². The van der Waals surface area contributed by atoms with Gasteiger partial charge in [0.25, 0.3) is 0 Å². The molecule has 1 aliphatic rings. The van der Waals surface area contributed by atoms with Gasteiger partial charge in [0.1, 0.15) is 11.8 Å². The molecule has 1 aromatic rings. The first-order valence-corrected chi connectivity index (χ1v) is 8.66. The SMILES string of the molecule is C[C@@H](Cc1ccco1)NC(=O)[C@@H](C)NC(=O)CC1CCCCC1. The predicted molar refractivity (Wildman–Crippen MR) is 88.8 cm³/mol. The summed E-state index contributed by atoms with van der Waals surface area (Å²) in [6, 6.07) is 3.17. The first-order valence-electron chi connectivity index (χ1n) is 8.66. The van der Waals surface area contributed by atoms with Crippen LogP contribution in [0.1, 0.15) is 58.1 Å². The van der Waals surface area contributed by atoms with E-state index in [1.165, 1.54) is 19.3 Å². The summed E-state index contributed by atoms with van der Waals surface area (Å²) >= 11 is 0. The van der Waals surface area contributed by atoms with E-state index < -0.39 is 6.04 Å². The fourth-order valence-corrected chi connectivity index (χ4v) is 3.17. The smallest absolute Gasteiger partial charge is 0.242 e. The lowest BCUT2D eigenvalue weighted by molar-refractivity contribution is -0.129. The zero-order valence-corrected chi connectivity index (χ0v) is 14.1. The van der Waals surface area contributed by atoms with Gasteiger partial charge in [-0.15, -0.1) is 0 Å². The second-order valence-corrected chi connectivity index (χ2v) is 6.69. The van der Waals surface area contributed by atoms with Gasteiger partial charge in [0.05, 0.1) is 6.26 Å². The minimum Gasteiger partial charge on any atom is -0.469 e. The first-order chi connectivity index (χ1) is 11.0. The van der Waals surface area contributed by atoms with Crippen molar-refractivity contribution < 1.29 is 14.0 Å². The minimum atomic E-state index is -0.509. The molecule has 1 fully saturated rings. The maximum absolute atomic E-state index is 12.2. The lowest BCUT2D eigenvalue weighted by atomic mass is 9.87. The molecule has 23 heavy (non-hydrogen) atoms. The topological polar surface area (TPSA) is 71.3 Å². The van der Waals surface area contributed by atoms with Crippen LogP contribution in [0.25, 0.3) is 0 Å². The van der Waals surface area contributed by atoms with E-state index in [0.29, 0.717) is 18.8 Å². The van der Waals surface area contributed by atoms with Crippen molar-refractivity contribution in [3.8, 4) is 0 Å². The van der Waals surface area contributed by atoms with Gasteiger partial charge in [0, 0.05) is 18.9 Å². The van der Waals surface area contributed by atoms with Crippen molar-refractivity contribution in [1.82, 2.24) is 10.6 Å². The molecule has 2 amide bonds. The molecule has 1 aliphatic carbocycles. The van der Waals surface area contributed by atoms with Crippen LogP contribution in [0.4, 0.5) is 0 Å². The van der Waals surface area contributed by atoms with Gasteiger partial charge in [-0.1, -0.05) is 19.3 Å². The molecule has 128 valence electrons. The van der Waals surface area contributed by atoms with Gasteiger partial charge in [-0.3, -0.25) is 9.59 Å². The standard InChI is InChI=1S/C18H28N2O3/c1-13(11-16-9-6-10-23-16)19-18(22)14(2)20-17(21)12-15-7-4-3-5-8-15/h6,9-10,13-15H,3-5,7-8,11-12H2,1-2H3,(H,19,22)(H,20,21)/t13-,14+/m0/s1. The van der Waals surface area contributed by atoms with E-state index in [4.69, 9.17) is 4.42 Å². The van der Waals surface area contributed by atoms with E-state index in [1.807, 2.05) is 19.1 Å². The summed E-state index contributed by atoms with van der Waals surface area (Å²) in [5, 5.41) is 5.73. The lowest BCUT2D eigenvalue weighted by Crippen LogP contribution is -2.48. The highest BCUT2D eigenvalue weighted by Crippen LogP contribution is 2.26. The number of rotatable bonds is 7. The fourth-order valence-electron chi connectivity index (χ4n) is 3.17. The summed E-state index contributed by atoms with van der Waals surface area (Å²) in [4.78, 5) is 24.2. The number of carbonyl (C=O) groups is 2. The summed E-state index contributed by atoms with van der Waals surface area (Å²) in [7, 11) is 0. The number of carbonyl (C=O) groups excluding carboxylic acids is 2. The summed E-state index contributed by atoms with van der Waals surface area (Å²) in [5.41, 5.74) is 0. The van der Waals surface area contributed by atoms with Gasteiger partial charge < -0.3 is 15.1 Å². The third-order valence-corrected chi connectivity index (χ3v) is 4.45. The Morgan fingerprint density at radius 1 is 1.22 bits per heavy atom. The Kier molecular flexibility index (Phi) is 6.68. The highest BCUT2D eigenvalue weighted by Gasteiger charge is 2.21. The Hall–Kier alpha value is -1.78. The summed E-state index contributed by atoms with van der Waals surface area (Å²) in [6.07, 6.45) is 8.79. The highest BCUT2D eigenvalue weighted by molar-refractivity contribution is 5.87. The van der Waals surface area contributed by atoms with Crippen molar-refractivity contribution in [2.45, 2.75) is 70.9 Å². The van der Waals surface area contributed by atoms with E-state index >= 15 is 0 Å². The zero-order valence-electron chi connectivity index (χ0n) is 14.1. The predicted octanol–water partition coefficient (Wildman–Crippen LogP) is 2.80. The summed E-state index contributed by atoms with van der Waals surface area (Å²) in [5.74, 6) is 1.16. The molecule has 0 saturated heterocycles. The zero-order chi connectivity index (χ0) is 16.7. The van der Waals surface area contributed by atoms with Crippen molar-refractivity contribution in [2.75, 3.05) is 0 Å². The number of amides is 2. The third kappa shape index (κ3) is 6.08. The van der Waals surface area contributed by atoms with E-state index in [1.54, 1.807) is 13.2 Å².